The van der Waals surface area contributed by atoms with E-state index in [-0.39, 0.29) is 0 Å². The highest BCUT2D eigenvalue weighted by Crippen LogP contribution is 2.27. The summed E-state index contributed by atoms with van der Waals surface area (Å²) in [4.78, 5) is 0. The summed E-state index contributed by atoms with van der Waals surface area (Å²) in [6, 6.07) is 6.42. The normalized spacial score (nSPS) is 12.0. The fourth-order valence-electron chi connectivity index (χ4n) is 2.08. The lowest BCUT2D eigenvalue weighted by atomic mass is 10.1. The summed E-state index contributed by atoms with van der Waals surface area (Å²) in [5, 5.41) is 3.45. The number of benzene rings is 1. The van der Waals surface area contributed by atoms with Gasteiger partial charge in [-0.15, -0.1) is 6.58 Å². The molecule has 0 aliphatic carbocycles. The van der Waals surface area contributed by atoms with E-state index in [1.54, 1.807) is 14.2 Å². The molecule has 118 valence electrons. The Kier molecular flexibility index (Phi) is 8.55. The maximum atomic E-state index is 5.47. The van der Waals surface area contributed by atoms with E-state index in [0.717, 1.165) is 44.1 Å². The summed E-state index contributed by atoms with van der Waals surface area (Å²) < 4.78 is 16.0. The fraction of sp³-hybridized carbons (Fsp3) is 0.529. The molecule has 0 aliphatic rings. The average molecular weight is 293 g/mol. The summed E-state index contributed by atoms with van der Waals surface area (Å²) in [5.41, 5.74) is 1.22. The zero-order valence-corrected chi connectivity index (χ0v) is 13.4. The van der Waals surface area contributed by atoms with Crippen molar-refractivity contribution in [2.24, 2.45) is 0 Å². The molecular weight excluding hydrogens is 266 g/mol. The van der Waals surface area contributed by atoms with Gasteiger partial charge in [0.1, 0.15) is 0 Å². The van der Waals surface area contributed by atoms with Crippen molar-refractivity contribution in [3.8, 4) is 11.5 Å². The third kappa shape index (κ3) is 6.65. The number of rotatable bonds is 11. The molecule has 0 radical (unpaired) electrons. The quantitative estimate of drug-likeness (QED) is 0.503. The lowest BCUT2D eigenvalue weighted by molar-refractivity contribution is 0.138. The van der Waals surface area contributed by atoms with Crippen molar-refractivity contribution in [1.82, 2.24) is 5.32 Å². The number of nitrogens with one attached hydrogen (secondary N) is 1. The van der Waals surface area contributed by atoms with E-state index in [1.807, 2.05) is 18.2 Å². The van der Waals surface area contributed by atoms with Gasteiger partial charge >= 0.3 is 0 Å². The molecule has 1 rings (SSSR count). The standard InChI is InChI=1S/C17H27NO3/c1-5-6-10-21-11-9-18-14(2)12-15-7-8-16(19-3)17(13-15)20-4/h5,7-8,13-14,18H,1,6,9-12H2,2-4H3. The van der Waals surface area contributed by atoms with E-state index in [9.17, 15) is 0 Å². The van der Waals surface area contributed by atoms with Crippen molar-refractivity contribution in [1.29, 1.82) is 0 Å². The van der Waals surface area contributed by atoms with Gasteiger partial charge in [0.05, 0.1) is 27.4 Å². The molecular formula is C17H27NO3. The maximum Gasteiger partial charge on any atom is 0.160 e. The van der Waals surface area contributed by atoms with Crippen LogP contribution < -0.4 is 14.8 Å². The maximum absolute atomic E-state index is 5.47. The third-order valence-electron chi connectivity index (χ3n) is 3.20. The van der Waals surface area contributed by atoms with Gasteiger partial charge in [-0.1, -0.05) is 12.1 Å². The van der Waals surface area contributed by atoms with Crippen LogP contribution in [0.2, 0.25) is 0 Å². The molecule has 0 fully saturated rings. The summed E-state index contributed by atoms with van der Waals surface area (Å²) in [6.45, 7) is 8.16. The summed E-state index contributed by atoms with van der Waals surface area (Å²) in [6.07, 6.45) is 3.71. The highest BCUT2D eigenvalue weighted by atomic mass is 16.5. The number of hydrogen-bond donors (Lipinski definition) is 1. The van der Waals surface area contributed by atoms with Crippen LogP contribution in [0.1, 0.15) is 18.9 Å². The molecule has 21 heavy (non-hydrogen) atoms. The minimum absolute atomic E-state index is 0.381. The molecule has 0 saturated carbocycles. The second-order valence-corrected chi connectivity index (χ2v) is 4.94. The highest BCUT2D eigenvalue weighted by Gasteiger charge is 2.07. The first kappa shape index (κ1) is 17.5. The molecule has 0 heterocycles. The van der Waals surface area contributed by atoms with Gasteiger partial charge in [0.2, 0.25) is 0 Å². The van der Waals surface area contributed by atoms with Crippen molar-refractivity contribution in [2.45, 2.75) is 25.8 Å². The van der Waals surface area contributed by atoms with Crippen LogP contribution in [0.4, 0.5) is 0 Å². The second kappa shape index (κ2) is 10.2. The van der Waals surface area contributed by atoms with Crippen molar-refractivity contribution in [3.05, 3.63) is 36.4 Å². The Morgan fingerprint density at radius 1 is 1.19 bits per heavy atom. The largest absolute Gasteiger partial charge is 0.493 e. The molecule has 1 unspecified atom stereocenters. The highest BCUT2D eigenvalue weighted by molar-refractivity contribution is 5.43. The lowest BCUT2D eigenvalue weighted by Gasteiger charge is -2.15. The van der Waals surface area contributed by atoms with Crippen molar-refractivity contribution in [3.63, 3.8) is 0 Å². The van der Waals surface area contributed by atoms with Crippen LogP contribution in [0.5, 0.6) is 11.5 Å². The summed E-state index contributed by atoms with van der Waals surface area (Å²) in [5.74, 6) is 1.53. The van der Waals surface area contributed by atoms with Gasteiger partial charge in [0.25, 0.3) is 0 Å². The first-order valence-electron chi connectivity index (χ1n) is 7.34. The molecule has 1 aromatic carbocycles. The topological polar surface area (TPSA) is 39.7 Å². The SMILES string of the molecule is C=CCCOCCNC(C)Cc1ccc(OC)c(OC)c1. The van der Waals surface area contributed by atoms with E-state index in [1.165, 1.54) is 5.56 Å². The van der Waals surface area contributed by atoms with Gasteiger partial charge in [-0.25, -0.2) is 0 Å². The molecule has 1 aromatic rings. The monoisotopic (exact) mass is 293 g/mol. The molecule has 1 atom stereocenters. The summed E-state index contributed by atoms with van der Waals surface area (Å²) in [7, 11) is 3.30. The first-order chi connectivity index (χ1) is 10.2. The predicted octanol–water partition coefficient (Wildman–Crippen LogP) is 2.82. The van der Waals surface area contributed by atoms with Gasteiger partial charge in [-0.3, -0.25) is 0 Å². The molecule has 0 spiro atoms. The van der Waals surface area contributed by atoms with Gasteiger partial charge in [0.15, 0.2) is 11.5 Å². The molecule has 4 heteroatoms. The van der Waals surface area contributed by atoms with Gasteiger partial charge in [0, 0.05) is 12.6 Å². The third-order valence-corrected chi connectivity index (χ3v) is 3.20. The van der Waals surface area contributed by atoms with Gasteiger partial charge < -0.3 is 19.5 Å². The Bertz CT molecular complexity index is 420. The Morgan fingerprint density at radius 2 is 1.95 bits per heavy atom. The molecule has 0 bridgehead atoms. The number of ether oxygens (including phenoxy) is 3. The molecule has 0 saturated heterocycles. The molecule has 4 nitrogen and oxygen atoms in total. The minimum atomic E-state index is 0.381. The minimum Gasteiger partial charge on any atom is -0.493 e. The lowest BCUT2D eigenvalue weighted by Crippen LogP contribution is -2.31. The van der Waals surface area contributed by atoms with Gasteiger partial charge in [-0.05, 0) is 37.5 Å². The molecule has 1 N–H and O–H groups in total. The van der Waals surface area contributed by atoms with E-state index in [0.29, 0.717) is 6.04 Å². The zero-order chi connectivity index (χ0) is 15.5. The van der Waals surface area contributed by atoms with Crippen LogP contribution >= 0.6 is 0 Å². The Hall–Kier alpha value is -1.52. The second-order valence-electron chi connectivity index (χ2n) is 4.94. The van der Waals surface area contributed by atoms with Crippen molar-refractivity contribution < 1.29 is 14.2 Å². The van der Waals surface area contributed by atoms with Crippen LogP contribution in [-0.2, 0) is 11.2 Å². The van der Waals surface area contributed by atoms with Crippen LogP contribution in [0.15, 0.2) is 30.9 Å². The van der Waals surface area contributed by atoms with Crippen molar-refractivity contribution in [2.75, 3.05) is 34.0 Å². The van der Waals surface area contributed by atoms with Crippen LogP contribution in [-0.4, -0.2) is 40.0 Å². The predicted molar refractivity (Wildman–Crippen MR) is 86.3 cm³/mol. The number of hydrogen-bond acceptors (Lipinski definition) is 4. The van der Waals surface area contributed by atoms with E-state index < -0.39 is 0 Å². The fourth-order valence-corrected chi connectivity index (χ4v) is 2.08. The van der Waals surface area contributed by atoms with E-state index in [4.69, 9.17) is 14.2 Å². The Morgan fingerprint density at radius 3 is 2.62 bits per heavy atom. The van der Waals surface area contributed by atoms with Gasteiger partial charge in [-0.2, -0.15) is 0 Å². The first-order valence-corrected chi connectivity index (χ1v) is 7.34. The van der Waals surface area contributed by atoms with Crippen molar-refractivity contribution >= 4 is 0 Å². The molecule has 0 amide bonds. The number of methoxy groups -OCH3 is 2. The van der Waals surface area contributed by atoms with E-state index in [2.05, 4.69) is 24.9 Å². The Balaban J connectivity index is 2.33. The van der Waals surface area contributed by atoms with Crippen LogP contribution in [0, 0.1) is 0 Å². The molecule has 0 aliphatic heterocycles. The molecule has 0 aromatic heterocycles. The van der Waals surface area contributed by atoms with Crippen LogP contribution in [0.25, 0.3) is 0 Å². The van der Waals surface area contributed by atoms with E-state index >= 15 is 0 Å². The summed E-state index contributed by atoms with van der Waals surface area (Å²) >= 11 is 0. The Labute approximate surface area is 128 Å². The smallest absolute Gasteiger partial charge is 0.160 e. The average Bonchev–Trinajstić information content (AvgIpc) is 2.50. The van der Waals surface area contributed by atoms with Crippen LogP contribution in [0.3, 0.4) is 0 Å². The zero-order valence-electron chi connectivity index (χ0n) is 13.4.